The first-order valence-electron chi connectivity index (χ1n) is 7.35. The number of terminal acetylenes is 1. The molecule has 2 rings (SSSR count). The maximum atomic E-state index is 12.8. The lowest BCUT2D eigenvalue weighted by Gasteiger charge is -2.26. The van der Waals surface area contributed by atoms with E-state index in [0.717, 1.165) is 23.7 Å². The first-order chi connectivity index (χ1) is 12.5. The highest BCUT2D eigenvalue weighted by molar-refractivity contribution is 7.91. The van der Waals surface area contributed by atoms with Gasteiger partial charge in [-0.05, 0) is 18.4 Å². The van der Waals surface area contributed by atoms with Crippen LogP contribution in [0.4, 0.5) is 19.1 Å². The summed E-state index contributed by atoms with van der Waals surface area (Å²) in [6.07, 6.45) is 2.06. The van der Waals surface area contributed by atoms with Crippen molar-refractivity contribution in [3.63, 3.8) is 0 Å². The third-order valence-corrected chi connectivity index (χ3v) is 6.33. The predicted octanol–water partition coefficient (Wildman–Crippen LogP) is 1.70. The molecule has 0 aliphatic heterocycles. The minimum Gasteiger partial charge on any atom is -0.376 e. The fourth-order valence-corrected chi connectivity index (χ4v) is 3.89. The van der Waals surface area contributed by atoms with Crippen LogP contribution in [0.2, 0.25) is 0 Å². The second kappa shape index (κ2) is 7.81. The summed E-state index contributed by atoms with van der Waals surface area (Å²) < 4.78 is 64.9. The Kier molecular flexibility index (Phi) is 6.10. The van der Waals surface area contributed by atoms with E-state index < -0.39 is 33.4 Å². The molecule has 0 saturated heterocycles. The van der Waals surface area contributed by atoms with Gasteiger partial charge in [-0.1, -0.05) is 12.0 Å². The number of nitrogens with zero attached hydrogens (tertiary/aromatic N) is 2. The van der Waals surface area contributed by atoms with E-state index in [1.165, 1.54) is 6.07 Å². The van der Waals surface area contributed by atoms with Gasteiger partial charge in [-0.15, -0.1) is 17.8 Å². The highest BCUT2D eigenvalue weighted by Gasteiger charge is 2.51. The number of hydrogen-bond donors (Lipinski definition) is 3. The molecule has 0 saturated carbocycles. The zero-order valence-corrected chi connectivity index (χ0v) is 15.5. The van der Waals surface area contributed by atoms with Gasteiger partial charge in [-0.25, -0.2) is 23.1 Å². The minimum absolute atomic E-state index is 0.116. The summed E-state index contributed by atoms with van der Waals surface area (Å²) in [5.41, 5.74) is -3.65. The van der Waals surface area contributed by atoms with Crippen molar-refractivity contribution in [3.05, 3.63) is 35.5 Å². The molecule has 0 bridgehead atoms. The molecule has 0 aliphatic rings. The number of aromatic nitrogens is 2. The Hall–Kier alpha value is -2.20. The molecule has 27 heavy (non-hydrogen) atoms. The fraction of sp³-hybridized carbons (Fsp3) is 0.333. The lowest BCUT2D eigenvalue weighted by atomic mass is 9.99. The zero-order valence-electron chi connectivity index (χ0n) is 13.9. The van der Waals surface area contributed by atoms with Crippen LogP contribution >= 0.6 is 11.3 Å². The van der Waals surface area contributed by atoms with E-state index in [9.17, 15) is 26.7 Å². The number of sulfonamides is 1. The van der Waals surface area contributed by atoms with Gasteiger partial charge in [0.25, 0.3) is 0 Å². The van der Waals surface area contributed by atoms with E-state index in [4.69, 9.17) is 6.42 Å². The van der Waals surface area contributed by atoms with Gasteiger partial charge in [0.05, 0.1) is 0 Å². The van der Waals surface area contributed by atoms with Gasteiger partial charge in [0.1, 0.15) is 10.3 Å². The number of aliphatic hydroxyl groups is 1. The monoisotopic (exact) mass is 420 g/mol. The third kappa shape index (κ3) is 4.95. The molecule has 1 unspecified atom stereocenters. The van der Waals surface area contributed by atoms with E-state index in [1.807, 2.05) is 0 Å². The van der Waals surface area contributed by atoms with Crippen molar-refractivity contribution < 1.29 is 26.7 Å². The smallest absolute Gasteiger partial charge is 0.376 e. The van der Waals surface area contributed by atoms with E-state index in [0.29, 0.717) is 6.92 Å². The molecule has 0 fully saturated rings. The van der Waals surface area contributed by atoms with Crippen LogP contribution in [0, 0.1) is 12.3 Å². The van der Waals surface area contributed by atoms with Crippen LogP contribution in [-0.4, -0.2) is 42.3 Å². The average molecular weight is 420 g/mol. The molecule has 0 amide bonds. The highest BCUT2D eigenvalue weighted by atomic mass is 32.2. The molecule has 0 aromatic carbocycles. The van der Waals surface area contributed by atoms with Crippen molar-refractivity contribution in [1.29, 1.82) is 0 Å². The Morgan fingerprint density at radius 2 is 2.00 bits per heavy atom. The number of halogens is 3. The molecule has 2 aromatic heterocycles. The van der Waals surface area contributed by atoms with Crippen LogP contribution in [-0.2, 0) is 15.6 Å². The summed E-state index contributed by atoms with van der Waals surface area (Å²) in [6, 6.07) is 2.16. The second-order valence-corrected chi connectivity index (χ2v) is 8.45. The van der Waals surface area contributed by atoms with Gasteiger partial charge in [0, 0.05) is 24.5 Å². The van der Waals surface area contributed by atoms with E-state index in [2.05, 4.69) is 25.9 Å². The first kappa shape index (κ1) is 21.1. The normalized spacial score (nSPS) is 15.6. The molecule has 2 atom stereocenters. The molecule has 0 aliphatic carbocycles. The Labute approximate surface area is 157 Å². The molecule has 12 heteroatoms. The van der Waals surface area contributed by atoms with Gasteiger partial charge in [0.2, 0.25) is 16.0 Å². The van der Waals surface area contributed by atoms with Crippen molar-refractivity contribution in [2.24, 2.45) is 0 Å². The summed E-state index contributed by atoms with van der Waals surface area (Å²) in [5, 5.41) is 13.8. The number of alkyl halides is 3. The number of hydrogen-bond acceptors (Lipinski definition) is 7. The van der Waals surface area contributed by atoms with E-state index in [1.54, 1.807) is 11.4 Å². The first-order valence-corrected chi connectivity index (χ1v) is 9.71. The number of thiophene rings is 1. The summed E-state index contributed by atoms with van der Waals surface area (Å²) in [5.74, 6) is 2.18. The van der Waals surface area contributed by atoms with Gasteiger partial charge < -0.3 is 10.4 Å². The van der Waals surface area contributed by atoms with Crippen molar-refractivity contribution in [2.45, 2.75) is 29.0 Å². The summed E-state index contributed by atoms with van der Waals surface area (Å²) >= 11 is 1.04. The number of anilines is 1. The van der Waals surface area contributed by atoms with Gasteiger partial charge in [-0.2, -0.15) is 13.2 Å². The quantitative estimate of drug-likeness (QED) is 0.589. The Morgan fingerprint density at radius 1 is 1.37 bits per heavy atom. The lowest BCUT2D eigenvalue weighted by molar-refractivity contribution is -0.259. The standard InChI is InChI=1S/C15H15F3N4O3S2/c1-3-11(9-21-27(24,25)12-5-4-6-26-12)22-13-19-7-10(8-20-13)14(2,23)15(16,17)18/h1,4-8,11,21,23H,9H2,2H3,(H,19,20,22)/t11-,14?/m0/s1. The summed E-state index contributed by atoms with van der Waals surface area (Å²) in [7, 11) is -3.72. The van der Waals surface area contributed by atoms with E-state index in [-0.39, 0.29) is 16.7 Å². The van der Waals surface area contributed by atoms with Crippen LogP contribution in [0.15, 0.2) is 34.1 Å². The summed E-state index contributed by atoms with van der Waals surface area (Å²) in [4.78, 5) is 7.38. The van der Waals surface area contributed by atoms with Crippen LogP contribution in [0.1, 0.15) is 12.5 Å². The van der Waals surface area contributed by atoms with Gasteiger partial charge >= 0.3 is 6.18 Å². The number of rotatable bonds is 7. The Balaban J connectivity index is 2.04. The van der Waals surface area contributed by atoms with Gasteiger partial charge in [0.15, 0.2) is 5.60 Å². The Morgan fingerprint density at radius 3 is 2.48 bits per heavy atom. The zero-order chi connectivity index (χ0) is 20.3. The van der Waals surface area contributed by atoms with Crippen molar-refractivity contribution >= 4 is 27.3 Å². The third-order valence-electron chi connectivity index (χ3n) is 3.51. The molecular weight excluding hydrogens is 405 g/mol. The molecule has 146 valence electrons. The largest absolute Gasteiger partial charge is 0.421 e. The highest BCUT2D eigenvalue weighted by Crippen LogP contribution is 2.37. The summed E-state index contributed by atoms with van der Waals surface area (Å²) in [6.45, 7) is 0.393. The molecule has 0 radical (unpaired) electrons. The maximum Gasteiger partial charge on any atom is 0.421 e. The predicted molar refractivity (Wildman–Crippen MR) is 93.4 cm³/mol. The molecule has 2 heterocycles. The van der Waals surface area contributed by atoms with Crippen LogP contribution in [0.3, 0.4) is 0 Å². The van der Waals surface area contributed by atoms with Crippen molar-refractivity contribution in [1.82, 2.24) is 14.7 Å². The molecule has 0 spiro atoms. The Bertz CT molecular complexity index is 905. The second-order valence-electron chi connectivity index (χ2n) is 5.51. The lowest BCUT2D eigenvalue weighted by Crippen LogP contribution is -2.39. The minimum atomic E-state index is -4.90. The number of nitrogens with one attached hydrogen (secondary N) is 2. The molecule has 7 nitrogen and oxygen atoms in total. The SMILES string of the molecule is C#C[C@@H](CNS(=O)(=O)c1cccs1)Nc1ncc(C(C)(O)C(F)(F)F)cn1. The van der Waals surface area contributed by atoms with Crippen LogP contribution in [0.5, 0.6) is 0 Å². The van der Waals surface area contributed by atoms with Gasteiger partial charge in [-0.3, -0.25) is 0 Å². The average Bonchev–Trinajstić information content (AvgIpc) is 3.13. The van der Waals surface area contributed by atoms with Crippen LogP contribution in [0.25, 0.3) is 0 Å². The van der Waals surface area contributed by atoms with Crippen LogP contribution < -0.4 is 10.0 Å². The molecular formula is C15H15F3N4O3S2. The molecule has 2 aromatic rings. The van der Waals surface area contributed by atoms with Crippen molar-refractivity contribution in [2.75, 3.05) is 11.9 Å². The van der Waals surface area contributed by atoms with E-state index >= 15 is 0 Å². The maximum absolute atomic E-state index is 12.8. The van der Waals surface area contributed by atoms with Crippen molar-refractivity contribution in [3.8, 4) is 12.3 Å². The fourth-order valence-electron chi connectivity index (χ4n) is 1.81. The topological polar surface area (TPSA) is 104 Å². The molecule has 3 N–H and O–H groups in total.